The SMILES string of the molecule is CC1CCCC(NC(=O)C2CNC2)C1C.Cl. The molecule has 0 bridgehead atoms. The van der Waals surface area contributed by atoms with Crippen molar-refractivity contribution in [1.29, 1.82) is 0 Å². The van der Waals surface area contributed by atoms with E-state index in [0.29, 0.717) is 12.0 Å². The molecular formula is C12H23ClN2O. The van der Waals surface area contributed by atoms with Gasteiger partial charge in [-0.3, -0.25) is 4.79 Å². The number of halogens is 1. The fourth-order valence-corrected chi connectivity index (χ4v) is 2.56. The van der Waals surface area contributed by atoms with E-state index in [0.717, 1.165) is 25.4 Å². The molecule has 3 unspecified atom stereocenters. The fraction of sp³-hybridized carbons (Fsp3) is 0.917. The van der Waals surface area contributed by atoms with Crippen LogP contribution in [-0.4, -0.2) is 25.0 Å². The van der Waals surface area contributed by atoms with Crippen LogP contribution in [0.25, 0.3) is 0 Å². The third-order valence-corrected chi connectivity index (χ3v) is 4.19. The molecule has 1 aliphatic carbocycles. The third-order valence-electron chi connectivity index (χ3n) is 4.19. The molecule has 2 N–H and O–H groups in total. The predicted molar refractivity (Wildman–Crippen MR) is 67.7 cm³/mol. The second-order valence-electron chi connectivity index (χ2n) is 5.24. The fourth-order valence-electron chi connectivity index (χ4n) is 2.56. The summed E-state index contributed by atoms with van der Waals surface area (Å²) < 4.78 is 0. The maximum Gasteiger partial charge on any atom is 0.225 e. The highest BCUT2D eigenvalue weighted by molar-refractivity contribution is 5.85. The van der Waals surface area contributed by atoms with Crippen LogP contribution in [-0.2, 0) is 4.79 Å². The third kappa shape index (κ3) is 2.89. The van der Waals surface area contributed by atoms with Crippen LogP contribution in [0.4, 0.5) is 0 Å². The number of carbonyl (C=O) groups is 1. The first-order valence-electron chi connectivity index (χ1n) is 6.19. The first kappa shape index (κ1) is 13.8. The molecule has 3 nitrogen and oxygen atoms in total. The molecular weight excluding hydrogens is 224 g/mol. The molecule has 2 fully saturated rings. The Labute approximate surface area is 104 Å². The van der Waals surface area contributed by atoms with Crippen molar-refractivity contribution in [3.63, 3.8) is 0 Å². The topological polar surface area (TPSA) is 41.1 Å². The molecule has 1 heterocycles. The number of hydrogen-bond donors (Lipinski definition) is 2. The van der Waals surface area contributed by atoms with Gasteiger partial charge in [0.25, 0.3) is 0 Å². The number of nitrogens with one attached hydrogen (secondary N) is 2. The molecule has 4 heteroatoms. The molecule has 1 amide bonds. The molecule has 0 spiro atoms. The van der Waals surface area contributed by atoms with Gasteiger partial charge in [0.05, 0.1) is 5.92 Å². The van der Waals surface area contributed by atoms with Crippen LogP contribution in [0.15, 0.2) is 0 Å². The van der Waals surface area contributed by atoms with Crippen molar-refractivity contribution < 1.29 is 4.79 Å². The van der Waals surface area contributed by atoms with Gasteiger partial charge in [0.2, 0.25) is 5.91 Å². The summed E-state index contributed by atoms with van der Waals surface area (Å²) in [7, 11) is 0. The lowest BCUT2D eigenvalue weighted by atomic mass is 9.78. The van der Waals surface area contributed by atoms with Gasteiger partial charge >= 0.3 is 0 Å². The average molecular weight is 247 g/mol. The van der Waals surface area contributed by atoms with Gasteiger partial charge in [-0.15, -0.1) is 12.4 Å². The largest absolute Gasteiger partial charge is 0.353 e. The smallest absolute Gasteiger partial charge is 0.225 e. The molecule has 1 aliphatic heterocycles. The van der Waals surface area contributed by atoms with Crippen LogP contribution in [0.2, 0.25) is 0 Å². The summed E-state index contributed by atoms with van der Waals surface area (Å²) >= 11 is 0. The van der Waals surface area contributed by atoms with Crippen molar-refractivity contribution in [2.24, 2.45) is 17.8 Å². The maximum absolute atomic E-state index is 11.8. The van der Waals surface area contributed by atoms with Gasteiger partial charge in [-0.25, -0.2) is 0 Å². The van der Waals surface area contributed by atoms with Crippen molar-refractivity contribution in [3.8, 4) is 0 Å². The summed E-state index contributed by atoms with van der Waals surface area (Å²) in [6.45, 7) is 6.30. The number of rotatable bonds is 2. The summed E-state index contributed by atoms with van der Waals surface area (Å²) in [5.74, 6) is 1.88. The molecule has 0 aromatic heterocycles. The zero-order chi connectivity index (χ0) is 10.8. The van der Waals surface area contributed by atoms with Crippen LogP contribution >= 0.6 is 12.4 Å². The molecule has 3 atom stereocenters. The lowest BCUT2D eigenvalue weighted by Gasteiger charge is -2.36. The number of carbonyl (C=O) groups excluding carboxylic acids is 1. The van der Waals surface area contributed by atoms with E-state index in [2.05, 4.69) is 24.5 Å². The van der Waals surface area contributed by atoms with E-state index in [4.69, 9.17) is 0 Å². The average Bonchev–Trinajstić information content (AvgIpc) is 2.10. The van der Waals surface area contributed by atoms with Crippen LogP contribution < -0.4 is 10.6 Å². The van der Waals surface area contributed by atoms with Gasteiger partial charge in [-0.2, -0.15) is 0 Å². The lowest BCUT2D eigenvalue weighted by Crippen LogP contribution is -2.54. The van der Waals surface area contributed by atoms with Gasteiger partial charge in [0, 0.05) is 19.1 Å². The maximum atomic E-state index is 11.8. The Morgan fingerprint density at radius 3 is 2.50 bits per heavy atom. The monoisotopic (exact) mass is 246 g/mol. The Bertz CT molecular complexity index is 243. The first-order valence-corrected chi connectivity index (χ1v) is 6.19. The van der Waals surface area contributed by atoms with Crippen LogP contribution in [0.5, 0.6) is 0 Å². The van der Waals surface area contributed by atoms with Crippen LogP contribution in [0.3, 0.4) is 0 Å². The van der Waals surface area contributed by atoms with Crippen molar-refractivity contribution in [2.75, 3.05) is 13.1 Å². The van der Waals surface area contributed by atoms with E-state index in [1.54, 1.807) is 0 Å². The number of amides is 1. The van der Waals surface area contributed by atoms with Gasteiger partial charge in [0.1, 0.15) is 0 Å². The molecule has 2 aliphatic rings. The van der Waals surface area contributed by atoms with Gasteiger partial charge in [-0.05, 0) is 18.3 Å². The molecule has 94 valence electrons. The Hall–Kier alpha value is -0.280. The minimum Gasteiger partial charge on any atom is -0.353 e. The predicted octanol–water partition coefficient (Wildman–Crippen LogP) is 1.57. The first-order chi connectivity index (χ1) is 7.18. The summed E-state index contributed by atoms with van der Waals surface area (Å²) in [5.41, 5.74) is 0. The van der Waals surface area contributed by atoms with E-state index in [-0.39, 0.29) is 24.2 Å². The summed E-state index contributed by atoms with van der Waals surface area (Å²) in [6, 6.07) is 0.418. The highest BCUT2D eigenvalue weighted by atomic mass is 35.5. The van der Waals surface area contributed by atoms with Crippen LogP contribution in [0, 0.1) is 17.8 Å². The minimum absolute atomic E-state index is 0. The Morgan fingerprint density at radius 2 is 1.94 bits per heavy atom. The Morgan fingerprint density at radius 1 is 1.25 bits per heavy atom. The van der Waals surface area contributed by atoms with Crippen molar-refractivity contribution >= 4 is 18.3 Å². The van der Waals surface area contributed by atoms with Gasteiger partial charge in [-0.1, -0.05) is 26.7 Å². The zero-order valence-electron chi connectivity index (χ0n) is 10.2. The molecule has 0 aromatic carbocycles. The highest BCUT2D eigenvalue weighted by Gasteiger charge is 2.31. The van der Waals surface area contributed by atoms with E-state index >= 15 is 0 Å². The van der Waals surface area contributed by atoms with Gasteiger partial charge in [0.15, 0.2) is 0 Å². The molecule has 0 aromatic rings. The molecule has 1 saturated heterocycles. The van der Waals surface area contributed by atoms with Crippen molar-refractivity contribution in [2.45, 2.75) is 39.2 Å². The second-order valence-corrected chi connectivity index (χ2v) is 5.24. The second kappa shape index (κ2) is 5.87. The number of hydrogen-bond acceptors (Lipinski definition) is 2. The minimum atomic E-state index is 0. The van der Waals surface area contributed by atoms with Crippen molar-refractivity contribution in [1.82, 2.24) is 10.6 Å². The Balaban J connectivity index is 0.00000128. The van der Waals surface area contributed by atoms with E-state index < -0.39 is 0 Å². The standard InChI is InChI=1S/C12H22N2O.ClH/c1-8-4-3-5-11(9(8)2)14-12(15)10-6-13-7-10;/h8-11,13H,3-7H2,1-2H3,(H,14,15);1H. The zero-order valence-corrected chi connectivity index (χ0v) is 11.0. The summed E-state index contributed by atoms with van der Waals surface area (Å²) in [4.78, 5) is 11.8. The van der Waals surface area contributed by atoms with Crippen molar-refractivity contribution in [3.05, 3.63) is 0 Å². The van der Waals surface area contributed by atoms with E-state index in [9.17, 15) is 4.79 Å². The quantitative estimate of drug-likeness (QED) is 0.777. The molecule has 0 radical (unpaired) electrons. The van der Waals surface area contributed by atoms with Gasteiger partial charge < -0.3 is 10.6 Å². The lowest BCUT2D eigenvalue weighted by molar-refractivity contribution is -0.127. The van der Waals surface area contributed by atoms with E-state index in [1.165, 1.54) is 12.8 Å². The van der Waals surface area contributed by atoms with Crippen LogP contribution in [0.1, 0.15) is 33.1 Å². The highest BCUT2D eigenvalue weighted by Crippen LogP contribution is 2.29. The van der Waals surface area contributed by atoms with E-state index in [1.807, 2.05) is 0 Å². The summed E-state index contributed by atoms with van der Waals surface area (Å²) in [5, 5.41) is 6.36. The molecule has 1 saturated carbocycles. The molecule has 16 heavy (non-hydrogen) atoms. The molecule has 2 rings (SSSR count). The Kier molecular flexibility index (Phi) is 5.06. The summed E-state index contributed by atoms with van der Waals surface area (Å²) in [6.07, 6.45) is 3.75. The normalized spacial score (nSPS) is 34.8.